The van der Waals surface area contributed by atoms with Crippen LogP contribution < -0.4 is 14.4 Å². The van der Waals surface area contributed by atoms with Crippen LogP contribution in [0.2, 0.25) is 5.02 Å². The molecule has 1 amide bonds. The van der Waals surface area contributed by atoms with Crippen LogP contribution in [-0.4, -0.2) is 28.0 Å². The Morgan fingerprint density at radius 2 is 1.77 bits per heavy atom. The number of sulfonamides is 1. The summed E-state index contributed by atoms with van der Waals surface area (Å²) in [6.07, 6.45) is 0. The molecule has 0 aliphatic heterocycles. The van der Waals surface area contributed by atoms with Gasteiger partial charge >= 0.3 is 0 Å². The Labute approximate surface area is 181 Å². The van der Waals surface area contributed by atoms with E-state index in [1.807, 2.05) is 13.0 Å². The van der Waals surface area contributed by atoms with Crippen molar-refractivity contribution in [1.82, 2.24) is 0 Å². The average molecular weight is 445 g/mol. The van der Waals surface area contributed by atoms with E-state index in [2.05, 4.69) is 5.32 Å². The first kappa shape index (κ1) is 21.7. The van der Waals surface area contributed by atoms with E-state index in [1.165, 1.54) is 25.3 Å². The number of carbonyl (C=O) groups is 1. The number of rotatable bonds is 7. The fourth-order valence-corrected chi connectivity index (χ4v) is 4.52. The molecule has 0 atom stereocenters. The molecule has 0 saturated heterocycles. The predicted octanol–water partition coefficient (Wildman–Crippen LogP) is 4.49. The zero-order valence-corrected chi connectivity index (χ0v) is 18.1. The van der Waals surface area contributed by atoms with Crippen molar-refractivity contribution >= 4 is 38.9 Å². The molecule has 8 heteroatoms. The Kier molecular flexibility index (Phi) is 6.64. The van der Waals surface area contributed by atoms with Crippen LogP contribution in [0.4, 0.5) is 11.4 Å². The third kappa shape index (κ3) is 4.93. The smallest absolute Gasteiger partial charge is 0.264 e. The summed E-state index contributed by atoms with van der Waals surface area (Å²) in [5.41, 5.74) is 1.68. The maximum atomic E-state index is 13.3. The van der Waals surface area contributed by atoms with Gasteiger partial charge in [-0.2, -0.15) is 0 Å². The topological polar surface area (TPSA) is 75.7 Å². The normalized spacial score (nSPS) is 11.0. The summed E-state index contributed by atoms with van der Waals surface area (Å²) in [5.74, 6) is -0.0347. The highest BCUT2D eigenvalue weighted by Crippen LogP contribution is 2.28. The van der Waals surface area contributed by atoms with Gasteiger partial charge in [0, 0.05) is 5.02 Å². The number of carbonyl (C=O) groups excluding carboxylic acids is 1. The van der Waals surface area contributed by atoms with Crippen molar-refractivity contribution in [2.75, 3.05) is 23.3 Å². The minimum atomic E-state index is -4.00. The third-order valence-electron chi connectivity index (χ3n) is 4.34. The van der Waals surface area contributed by atoms with E-state index in [0.29, 0.717) is 16.5 Å². The van der Waals surface area contributed by atoms with Crippen molar-refractivity contribution in [1.29, 1.82) is 0 Å². The van der Waals surface area contributed by atoms with E-state index in [4.69, 9.17) is 16.3 Å². The van der Waals surface area contributed by atoms with Gasteiger partial charge in [0.1, 0.15) is 12.3 Å². The molecular weight excluding hydrogens is 424 g/mol. The van der Waals surface area contributed by atoms with Gasteiger partial charge in [-0.05, 0) is 55.0 Å². The summed E-state index contributed by atoms with van der Waals surface area (Å²) in [7, 11) is -2.50. The van der Waals surface area contributed by atoms with Crippen molar-refractivity contribution in [2.45, 2.75) is 11.8 Å². The number of aryl methyl sites for hydroxylation is 1. The van der Waals surface area contributed by atoms with E-state index in [9.17, 15) is 13.2 Å². The highest BCUT2D eigenvalue weighted by atomic mass is 35.5. The first-order valence-electron chi connectivity index (χ1n) is 9.09. The first-order chi connectivity index (χ1) is 14.3. The van der Waals surface area contributed by atoms with Crippen molar-refractivity contribution in [3.05, 3.63) is 83.4 Å². The van der Waals surface area contributed by atoms with Crippen LogP contribution in [-0.2, 0) is 14.8 Å². The van der Waals surface area contributed by atoms with Gasteiger partial charge in [0.05, 0.1) is 23.4 Å². The first-order valence-corrected chi connectivity index (χ1v) is 10.9. The van der Waals surface area contributed by atoms with Gasteiger partial charge in [-0.1, -0.05) is 41.9 Å². The molecule has 0 spiro atoms. The van der Waals surface area contributed by atoms with Gasteiger partial charge in [0.2, 0.25) is 5.91 Å². The largest absolute Gasteiger partial charge is 0.495 e. The Morgan fingerprint density at radius 3 is 2.43 bits per heavy atom. The minimum absolute atomic E-state index is 0.0749. The summed E-state index contributed by atoms with van der Waals surface area (Å²) >= 11 is 6.07. The molecule has 6 nitrogen and oxygen atoms in total. The van der Waals surface area contributed by atoms with Gasteiger partial charge in [-0.25, -0.2) is 8.42 Å². The number of halogens is 1. The molecule has 0 saturated carbocycles. The second kappa shape index (κ2) is 9.19. The lowest BCUT2D eigenvalue weighted by molar-refractivity contribution is -0.114. The van der Waals surface area contributed by atoms with Crippen LogP contribution in [0.3, 0.4) is 0 Å². The molecule has 0 unspecified atom stereocenters. The molecule has 0 bridgehead atoms. The second-order valence-corrected chi connectivity index (χ2v) is 8.86. The molecular formula is C22H21ClN2O4S. The molecule has 3 aromatic carbocycles. The van der Waals surface area contributed by atoms with E-state index < -0.39 is 22.5 Å². The van der Waals surface area contributed by atoms with Crippen LogP contribution in [0.1, 0.15) is 5.56 Å². The number of amides is 1. The zero-order valence-electron chi connectivity index (χ0n) is 16.5. The quantitative estimate of drug-likeness (QED) is 0.582. The Morgan fingerprint density at radius 1 is 1.03 bits per heavy atom. The number of hydrogen-bond acceptors (Lipinski definition) is 4. The van der Waals surface area contributed by atoms with Crippen LogP contribution in [0, 0.1) is 6.92 Å². The Bertz CT molecular complexity index is 1150. The molecule has 1 N–H and O–H groups in total. The monoisotopic (exact) mass is 444 g/mol. The summed E-state index contributed by atoms with van der Waals surface area (Å²) in [6.45, 7) is 1.45. The van der Waals surface area contributed by atoms with Gasteiger partial charge in [-0.3, -0.25) is 9.10 Å². The highest BCUT2D eigenvalue weighted by Gasteiger charge is 2.27. The molecule has 3 aromatic rings. The fraction of sp³-hybridized carbons (Fsp3) is 0.136. The zero-order chi connectivity index (χ0) is 21.7. The van der Waals surface area contributed by atoms with Crippen LogP contribution in [0.25, 0.3) is 0 Å². The summed E-state index contributed by atoms with van der Waals surface area (Å²) in [5, 5.41) is 3.10. The van der Waals surface area contributed by atoms with E-state index in [0.717, 1.165) is 9.87 Å². The number of hydrogen-bond donors (Lipinski definition) is 1. The maximum absolute atomic E-state index is 13.3. The van der Waals surface area contributed by atoms with Gasteiger partial charge < -0.3 is 10.1 Å². The Balaban J connectivity index is 1.96. The summed E-state index contributed by atoms with van der Waals surface area (Å²) < 4.78 is 32.9. The minimum Gasteiger partial charge on any atom is -0.495 e. The molecule has 3 rings (SSSR count). The highest BCUT2D eigenvalue weighted by molar-refractivity contribution is 7.92. The van der Waals surface area contributed by atoms with Crippen molar-refractivity contribution in [3.63, 3.8) is 0 Å². The van der Waals surface area contributed by atoms with E-state index >= 15 is 0 Å². The molecule has 30 heavy (non-hydrogen) atoms. The number of ether oxygens (including phenoxy) is 1. The summed E-state index contributed by atoms with van der Waals surface area (Å²) in [6, 6.07) is 19.6. The lowest BCUT2D eigenvalue weighted by Gasteiger charge is -2.24. The number of nitrogens with zero attached hydrogens (tertiary/aromatic N) is 1. The van der Waals surface area contributed by atoms with E-state index in [-0.39, 0.29) is 10.6 Å². The van der Waals surface area contributed by atoms with Crippen molar-refractivity contribution < 1.29 is 17.9 Å². The molecule has 0 heterocycles. The SMILES string of the molecule is COc1ccc(C)cc1NC(=O)CN(c1cccc(Cl)c1)S(=O)(=O)c1ccccc1. The van der Waals surface area contributed by atoms with Crippen LogP contribution >= 0.6 is 11.6 Å². The second-order valence-electron chi connectivity index (χ2n) is 6.56. The van der Waals surface area contributed by atoms with Crippen LogP contribution in [0.5, 0.6) is 5.75 Å². The molecule has 156 valence electrons. The summed E-state index contributed by atoms with van der Waals surface area (Å²) in [4.78, 5) is 12.9. The van der Waals surface area contributed by atoms with Crippen LogP contribution in [0.15, 0.2) is 77.7 Å². The van der Waals surface area contributed by atoms with Gasteiger partial charge in [0.25, 0.3) is 10.0 Å². The number of nitrogens with one attached hydrogen (secondary N) is 1. The number of methoxy groups -OCH3 is 1. The third-order valence-corrected chi connectivity index (χ3v) is 6.37. The molecule has 0 aromatic heterocycles. The van der Waals surface area contributed by atoms with Gasteiger partial charge in [-0.15, -0.1) is 0 Å². The lowest BCUT2D eigenvalue weighted by Crippen LogP contribution is -2.38. The predicted molar refractivity (Wildman–Crippen MR) is 119 cm³/mol. The molecule has 0 aliphatic carbocycles. The number of anilines is 2. The molecule has 0 fully saturated rings. The van der Waals surface area contributed by atoms with Crippen molar-refractivity contribution in [2.24, 2.45) is 0 Å². The lowest BCUT2D eigenvalue weighted by atomic mass is 10.2. The van der Waals surface area contributed by atoms with Crippen molar-refractivity contribution in [3.8, 4) is 5.75 Å². The average Bonchev–Trinajstić information content (AvgIpc) is 2.73. The van der Waals surface area contributed by atoms with Gasteiger partial charge in [0.15, 0.2) is 0 Å². The standard InChI is InChI=1S/C22H21ClN2O4S/c1-16-11-12-21(29-2)20(13-16)24-22(26)15-25(18-8-6-7-17(23)14-18)30(27,28)19-9-4-3-5-10-19/h3-14H,15H2,1-2H3,(H,24,26). The maximum Gasteiger partial charge on any atom is 0.264 e. The molecule has 0 radical (unpaired) electrons. The Hall–Kier alpha value is -3.03. The fourth-order valence-electron chi connectivity index (χ4n) is 2.91. The van der Waals surface area contributed by atoms with E-state index in [1.54, 1.807) is 48.5 Å². The number of benzene rings is 3. The molecule has 0 aliphatic rings.